The Balaban J connectivity index is 1.77. The van der Waals surface area contributed by atoms with Gasteiger partial charge >= 0.3 is 0 Å². The van der Waals surface area contributed by atoms with Crippen LogP contribution in [0.4, 0.5) is 11.8 Å². The Morgan fingerprint density at radius 3 is 2.73 bits per heavy atom. The lowest BCUT2D eigenvalue weighted by Gasteiger charge is -2.33. The fourth-order valence-electron chi connectivity index (χ4n) is 4.33. The number of ether oxygens (including phenoxy) is 1. The molecule has 0 radical (unpaired) electrons. The highest BCUT2D eigenvalue weighted by Crippen LogP contribution is 2.38. The molecule has 3 heterocycles. The Hall–Kier alpha value is -3.34. The van der Waals surface area contributed by atoms with Gasteiger partial charge in [0.15, 0.2) is 0 Å². The van der Waals surface area contributed by atoms with Gasteiger partial charge in [0, 0.05) is 19.0 Å². The zero-order valence-electron chi connectivity index (χ0n) is 17.1. The molecule has 2 aliphatic rings. The molecular formula is C22H25N5O3. The van der Waals surface area contributed by atoms with Crippen molar-refractivity contribution in [3.8, 4) is 11.8 Å². The number of carbonyl (C=O) groups excluding carboxylic acids is 1. The van der Waals surface area contributed by atoms with Crippen molar-refractivity contribution in [1.29, 1.82) is 5.26 Å². The van der Waals surface area contributed by atoms with Crippen LogP contribution in [0.2, 0.25) is 0 Å². The molecule has 2 aliphatic heterocycles. The number of fused-ring (bicyclic) bond motifs is 1. The average Bonchev–Trinajstić information content (AvgIpc) is 2.73. The molecule has 1 amide bonds. The molecule has 0 spiro atoms. The number of carbonyl (C=O) groups is 1. The van der Waals surface area contributed by atoms with Gasteiger partial charge in [-0.3, -0.25) is 14.6 Å². The molecule has 0 bridgehead atoms. The van der Waals surface area contributed by atoms with Crippen LogP contribution in [0, 0.1) is 23.2 Å². The summed E-state index contributed by atoms with van der Waals surface area (Å²) in [5.41, 5.74) is 0.694. The number of benzene rings is 1. The van der Waals surface area contributed by atoms with Gasteiger partial charge in [-0.2, -0.15) is 10.2 Å². The molecule has 2 aromatic rings. The fourth-order valence-corrected chi connectivity index (χ4v) is 4.33. The SMILES string of the molecule is CCOc1ccc(C2c3c(nc(N4CCCC(C)C4)[nH]c3=O)NC(=O)C2C#N)cc1. The summed E-state index contributed by atoms with van der Waals surface area (Å²) in [4.78, 5) is 35.3. The first-order valence-electron chi connectivity index (χ1n) is 10.3. The summed E-state index contributed by atoms with van der Waals surface area (Å²) in [5.74, 6) is -0.251. The Morgan fingerprint density at radius 1 is 1.30 bits per heavy atom. The number of nitrogens with zero attached hydrogens (tertiary/aromatic N) is 3. The second-order valence-electron chi connectivity index (χ2n) is 7.92. The molecule has 1 fully saturated rings. The second-order valence-corrected chi connectivity index (χ2v) is 7.92. The first-order chi connectivity index (χ1) is 14.5. The third-order valence-corrected chi connectivity index (χ3v) is 5.76. The van der Waals surface area contributed by atoms with Crippen molar-refractivity contribution >= 4 is 17.7 Å². The standard InChI is InChI=1S/C22H25N5O3/c1-3-30-15-8-6-14(7-9-15)17-16(11-23)20(28)24-19-18(17)21(29)26-22(25-19)27-10-4-5-13(2)12-27/h6-9,13,16-17H,3-5,10,12H2,1-2H3,(H2,24,25,26,28,29). The van der Waals surface area contributed by atoms with Gasteiger partial charge in [-0.25, -0.2) is 0 Å². The normalized spacial score (nSPS) is 23.3. The van der Waals surface area contributed by atoms with E-state index < -0.39 is 17.7 Å². The Labute approximate surface area is 174 Å². The quantitative estimate of drug-likeness (QED) is 0.806. The molecule has 3 atom stereocenters. The van der Waals surface area contributed by atoms with Crippen LogP contribution in [0.15, 0.2) is 29.1 Å². The summed E-state index contributed by atoms with van der Waals surface area (Å²) < 4.78 is 5.48. The zero-order chi connectivity index (χ0) is 21.3. The van der Waals surface area contributed by atoms with Crippen LogP contribution < -0.4 is 20.5 Å². The number of nitriles is 1. The van der Waals surface area contributed by atoms with Gasteiger partial charge in [0.05, 0.1) is 18.2 Å². The Bertz CT molecular complexity index is 1040. The minimum Gasteiger partial charge on any atom is -0.494 e. The molecule has 3 unspecified atom stereocenters. The predicted octanol–water partition coefficient (Wildman–Crippen LogP) is 2.63. The summed E-state index contributed by atoms with van der Waals surface area (Å²) in [5, 5.41) is 12.3. The van der Waals surface area contributed by atoms with Crippen LogP contribution in [0.5, 0.6) is 5.75 Å². The number of rotatable bonds is 4. The minimum absolute atomic E-state index is 0.238. The van der Waals surface area contributed by atoms with Gasteiger partial charge in [-0.1, -0.05) is 19.1 Å². The maximum atomic E-state index is 13.1. The van der Waals surface area contributed by atoms with Gasteiger partial charge in [0.2, 0.25) is 11.9 Å². The van der Waals surface area contributed by atoms with Crippen LogP contribution >= 0.6 is 0 Å². The summed E-state index contributed by atoms with van der Waals surface area (Å²) in [6.07, 6.45) is 2.17. The molecule has 4 rings (SSSR count). The van der Waals surface area contributed by atoms with Gasteiger partial charge in [0.1, 0.15) is 17.5 Å². The van der Waals surface area contributed by atoms with E-state index in [2.05, 4.69) is 28.3 Å². The molecule has 8 heteroatoms. The van der Waals surface area contributed by atoms with E-state index in [0.29, 0.717) is 35.3 Å². The summed E-state index contributed by atoms with van der Waals surface area (Å²) >= 11 is 0. The number of aromatic nitrogens is 2. The third-order valence-electron chi connectivity index (χ3n) is 5.76. The highest BCUT2D eigenvalue weighted by Gasteiger charge is 2.40. The van der Waals surface area contributed by atoms with Gasteiger partial charge in [-0.05, 0) is 43.4 Å². The van der Waals surface area contributed by atoms with Crippen molar-refractivity contribution in [3.05, 3.63) is 45.7 Å². The highest BCUT2D eigenvalue weighted by atomic mass is 16.5. The highest BCUT2D eigenvalue weighted by molar-refractivity contribution is 5.98. The van der Waals surface area contributed by atoms with Crippen LogP contribution in [-0.4, -0.2) is 35.6 Å². The van der Waals surface area contributed by atoms with E-state index >= 15 is 0 Å². The number of H-pyrrole nitrogens is 1. The van der Waals surface area contributed by atoms with E-state index in [0.717, 1.165) is 25.9 Å². The molecule has 1 aromatic heterocycles. The smallest absolute Gasteiger partial charge is 0.258 e. The van der Waals surface area contributed by atoms with Crippen molar-refractivity contribution in [2.75, 3.05) is 29.9 Å². The number of hydrogen-bond acceptors (Lipinski definition) is 6. The van der Waals surface area contributed by atoms with Crippen molar-refractivity contribution in [3.63, 3.8) is 0 Å². The summed E-state index contributed by atoms with van der Waals surface area (Å²) in [6, 6.07) is 9.21. The summed E-state index contributed by atoms with van der Waals surface area (Å²) in [6.45, 7) is 6.22. The number of piperidine rings is 1. The van der Waals surface area contributed by atoms with E-state index in [1.54, 1.807) is 24.3 Å². The molecule has 30 heavy (non-hydrogen) atoms. The van der Waals surface area contributed by atoms with Crippen molar-refractivity contribution in [2.24, 2.45) is 11.8 Å². The lowest BCUT2D eigenvalue weighted by atomic mass is 9.79. The van der Waals surface area contributed by atoms with E-state index in [1.165, 1.54) is 0 Å². The van der Waals surface area contributed by atoms with Gasteiger partial charge < -0.3 is 15.0 Å². The van der Waals surface area contributed by atoms with Crippen LogP contribution in [0.3, 0.4) is 0 Å². The van der Waals surface area contributed by atoms with Crippen LogP contribution in [-0.2, 0) is 4.79 Å². The maximum absolute atomic E-state index is 13.1. The van der Waals surface area contributed by atoms with Crippen molar-refractivity contribution in [1.82, 2.24) is 9.97 Å². The number of anilines is 2. The van der Waals surface area contributed by atoms with E-state index in [9.17, 15) is 14.9 Å². The topological polar surface area (TPSA) is 111 Å². The molecule has 1 saturated heterocycles. The van der Waals surface area contributed by atoms with Gasteiger partial charge in [0.25, 0.3) is 5.56 Å². The molecule has 8 nitrogen and oxygen atoms in total. The fraction of sp³-hybridized carbons (Fsp3) is 0.455. The minimum atomic E-state index is -1.01. The van der Waals surface area contributed by atoms with Crippen LogP contribution in [0.25, 0.3) is 0 Å². The molecule has 0 aliphatic carbocycles. The third kappa shape index (κ3) is 3.63. The number of amides is 1. The molecule has 0 saturated carbocycles. The average molecular weight is 407 g/mol. The van der Waals surface area contributed by atoms with Crippen molar-refractivity contribution < 1.29 is 9.53 Å². The first kappa shape index (κ1) is 20.0. The van der Waals surface area contributed by atoms with Crippen LogP contribution in [0.1, 0.15) is 43.7 Å². The lowest BCUT2D eigenvalue weighted by molar-refractivity contribution is -0.119. The molecule has 2 N–H and O–H groups in total. The monoisotopic (exact) mass is 407 g/mol. The lowest BCUT2D eigenvalue weighted by Crippen LogP contribution is -2.41. The number of hydrogen-bond donors (Lipinski definition) is 2. The van der Waals surface area contributed by atoms with Gasteiger partial charge in [-0.15, -0.1) is 0 Å². The zero-order valence-corrected chi connectivity index (χ0v) is 17.1. The predicted molar refractivity (Wildman–Crippen MR) is 113 cm³/mol. The largest absolute Gasteiger partial charge is 0.494 e. The summed E-state index contributed by atoms with van der Waals surface area (Å²) in [7, 11) is 0. The molecule has 156 valence electrons. The van der Waals surface area contributed by atoms with E-state index in [-0.39, 0.29) is 11.4 Å². The number of aromatic amines is 1. The Morgan fingerprint density at radius 2 is 2.07 bits per heavy atom. The second kappa shape index (κ2) is 8.19. The van der Waals surface area contributed by atoms with Crippen molar-refractivity contribution in [2.45, 2.75) is 32.6 Å². The van der Waals surface area contributed by atoms with E-state index in [4.69, 9.17) is 4.74 Å². The van der Waals surface area contributed by atoms with E-state index in [1.807, 2.05) is 11.8 Å². The Kier molecular flexibility index (Phi) is 5.44. The number of nitrogens with one attached hydrogen (secondary N) is 2. The molecular weight excluding hydrogens is 382 g/mol. The molecule has 1 aromatic carbocycles. The first-order valence-corrected chi connectivity index (χ1v) is 10.3. The maximum Gasteiger partial charge on any atom is 0.258 e.